The van der Waals surface area contributed by atoms with Crippen LogP contribution in [0.5, 0.6) is 0 Å². The maximum Gasteiger partial charge on any atom is 0.305 e. The van der Waals surface area contributed by atoms with Crippen molar-refractivity contribution in [2.45, 2.75) is 58.3 Å². The number of carbonyl (C=O) groups is 1. The molecule has 0 aliphatic rings. The Hall–Kier alpha value is -0.0800. The standard InChI is InChI=1S/C26H51IO9/c1-2-3-6-9-26(28)36-25-24-35-23-22-34-21-20-33-19-18-32-17-16-31-15-14-30-13-12-29-11-8-5-4-7-10-27/h2-25H2,1H3. The fraction of sp³-hybridized carbons (Fsp3) is 0.962. The molecule has 0 radical (unpaired) electrons. The molecule has 0 aromatic rings. The van der Waals surface area contributed by atoms with Crippen LogP contribution in [0.4, 0.5) is 0 Å². The average molecular weight is 635 g/mol. The molecule has 0 rings (SSSR count). The van der Waals surface area contributed by atoms with Gasteiger partial charge in [0.2, 0.25) is 0 Å². The molecule has 0 N–H and O–H groups in total. The summed E-state index contributed by atoms with van der Waals surface area (Å²) in [4.78, 5) is 11.4. The molecule has 0 bridgehead atoms. The third-order valence-corrected chi connectivity index (χ3v) is 5.64. The lowest BCUT2D eigenvalue weighted by atomic mass is 10.2. The highest BCUT2D eigenvalue weighted by Crippen LogP contribution is 2.02. The minimum Gasteiger partial charge on any atom is -0.463 e. The third-order valence-electron chi connectivity index (χ3n) is 4.88. The van der Waals surface area contributed by atoms with Crippen molar-refractivity contribution in [3.05, 3.63) is 0 Å². The number of alkyl halides is 1. The number of halogens is 1. The number of rotatable bonds is 31. The maximum absolute atomic E-state index is 11.4. The highest BCUT2D eigenvalue weighted by molar-refractivity contribution is 14.1. The maximum atomic E-state index is 11.4. The predicted octanol–water partition coefficient (Wildman–Crippen LogP) is 4.22. The van der Waals surface area contributed by atoms with Crippen LogP contribution >= 0.6 is 22.6 Å². The van der Waals surface area contributed by atoms with Gasteiger partial charge in [0.25, 0.3) is 0 Å². The average Bonchev–Trinajstić information content (AvgIpc) is 2.88. The van der Waals surface area contributed by atoms with Gasteiger partial charge in [-0.05, 0) is 23.7 Å². The second-order valence-corrected chi connectivity index (χ2v) is 9.15. The Bertz CT molecular complexity index is 430. The van der Waals surface area contributed by atoms with E-state index < -0.39 is 0 Å². The molecule has 0 heterocycles. The summed E-state index contributed by atoms with van der Waals surface area (Å²) in [6.45, 7) is 10.1. The van der Waals surface area contributed by atoms with Gasteiger partial charge in [0.05, 0.1) is 85.9 Å². The fourth-order valence-electron chi connectivity index (χ4n) is 2.88. The first-order valence-electron chi connectivity index (χ1n) is 13.6. The summed E-state index contributed by atoms with van der Waals surface area (Å²) in [5.41, 5.74) is 0. The van der Waals surface area contributed by atoms with Gasteiger partial charge >= 0.3 is 5.97 Å². The van der Waals surface area contributed by atoms with E-state index in [1.165, 1.54) is 23.7 Å². The van der Waals surface area contributed by atoms with E-state index in [-0.39, 0.29) is 5.97 Å². The smallest absolute Gasteiger partial charge is 0.305 e. The summed E-state index contributed by atoms with van der Waals surface area (Å²) < 4.78 is 44.5. The zero-order valence-corrected chi connectivity index (χ0v) is 24.7. The van der Waals surface area contributed by atoms with E-state index in [9.17, 15) is 4.79 Å². The van der Waals surface area contributed by atoms with E-state index in [4.69, 9.17) is 37.9 Å². The molecule has 0 aliphatic carbocycles. The van der Waals surface area contributed by atoms with Crippen LogP contribution in [0.1, 0.15) is 58.3 Å². The normalized spacial score (nSPS) is 11.3. The summed E-state index contributed by atoms with van der Waals surface area (Å²) >= 11 is 2.42. The van der Waals surface area contributed by atoms with Gasteiger partial charge < -0.3 is 37.9 Å². The minimum absolute atomic E-state index is 0.151. The molecule has 0 aromatic heterocycles. The van der Waals surface area contributed by atoms with Gasteiger partial charge in [-0.25, -0.2) is 0 Å². The molecule has 216 valence electrons. The van der Waals surface area contributed by atoms with Crippen LogP contribution in [0.25, 0.3) is 0 Å². The molecule has 0 spiro atoms. The summed E-state index contributed by atoms with van der Waals surface area (Å²) in [6.07, 6.45) is 8.51. The summed E-state index contributed by atoms with van der Waals surface area (Å²) in [5, 5.41) is 0. The van der Waals surface area contributed by atoms with Crippen molar-refractivity contribution in [1.29, 1.82) is 0 Å². The van der Waals surface area contributed by atoms with Crippen molar-refractivity contribution in [2.75, 3.05) is 104 Å². The van der Waals surface area contributed by atoms with Crippen LogP contribution < -0.4 is 0 Å². The van der Waals surface area contributed by atoms with Crippen molar-refractivity contribution < 1.29 is 42.7 Å². The van der Waals surface area contributed by atoms with Gasteiger partial charge in [0.1, 0.15) is 6.61 Å². The van der Waals surface area contributed by atoms with Gasteiger partial charge in [-0.2, -0.15) is 0 Å². The lowest BCUT2D eigenvalue weighted by Crippen LogP contribution is -2.15. The fourth-order valence-corrected chi connectivity index (χ4v) is 3.42. The minimum atomic E-state index is -0.151. The number of unbranched alkanes of at least 4 members (excludes halogenated alkanes) is 5. The topological polar surface area (TPSA) is 90.9 Å². The highest BCUT2D eigenvalue weighted by atomic mass is 127. The largest absolute Gasteiger partial charge is 0.463 e. The first-order chi connectivity index (χ1) is 17.8. The van der Waals surface area contributed by atoms with Crippen molar-refractivity contribution in [1.82, 2.24) is 0 Å². The lowest BCUT2D eigenvalue weighted by Gasteiger charge is -2.09. The Morgan fingerprint density at radius 2 is 0.861 bits per heavy atom. The first-order valence-corrected chi connectivity index (χ1v) is 15.1. The van der Waals surface area contributed by atoms with Crippen molar-refractivity contribution >= 4 is 28.6 Å². The highest BCUT2D eigenvalue weighted by Gasteiger charge is 2.01. The Morgan fingerprint density at radius 3 is 1.28 bits per heavy atom. The third kappa shape index (κ3) is 31.9. The van der Waals surface area contributed by atoms with Crippen LogP contribution in [0, 0.1) is 0 Å². The number of esters is 1. The second-order valence-electron chi connectivity index (χ2n) is 8.07. The summed E-state index contributed by atoms with van der Waals surface area (Å²) in [7, 11) is 0. The van der Waals surface area contributed by atoms with E-state index in [2.05, 4.69) is 29.5 Å². The molecule has 0 amide bonds. The molecule has 0 atom stereocenters. The second kappa shape index (κ2) is 32.9. The lowest BCUT2D eigenvalue weighted by molar-refractivity contribution is -0.145. The van der Waals surface area contributed by atoms with Crippen molar-refractivity contribution in [2.24, 2.45) is 0 Å². The summed E-state index contributed by atoms with van der Waals surface area (Å²) in [5.74, 6) is -0.151. The van der Waals surface area contributed by atoms with E-state index in [1.54, 1.807) is 0 Å². The zero-order valence-electron chi connectivity index (χ0n) is 22.5. The molecule has 9 nitrogen and oxygen atoms in total. The van der Waals surface area contributed by atoms with Crippen LogP contribution in [0.2, 0.25) is 0 Å². The molecular formula is C26H51IO9. The van der Waals surface area contributed by atoms with E-state index in [0.29, 0.717) is 98.9 Å². The van der Waals surface area contributed by atoms with Gasteiger partial charge in [0, 0.05) is 13.0 Å². The van der Waals surface area contributed by atoms with Crippen molar-refractivity contribution in [3.63, 3.8) is 0 Å². The zero-order chi connectivity index (χ0) is 26.2. The molecule has 0 aromatic carbocycles. The molecular weight excluding hydrogens is 583 g/mol. The Kier molecular flexibility index (Phi) is 32.9. The molecule has 36 heavy (non-hydrogen) atoms. The number of hydrogen-bond acceptors (Lipinski definition) is 9. The molecule has 0 fully saturated rings. The first kappa shape index (κ1) is 35.9. The summed E-state index contributed by atoms with van der Waals surface area (Å²) in [6, 6.07) is 0. The molecule has 0 unspecified atom stereocenters. The number of carbonyl (C=O) groups excluding carboxylic acids is 1. The van der Waals surface area contributed by atoms with Gasteiger partial charge in [-0.3, -0.25) is 4.79 Å². The molecule has 10 heteroatoms. The van der Waals surface area contributed by atoms with Gasteiger partial charge in [-0.15, -0.1) is 0 Å². The van der Waals surface area contributed by atoms with E-state index in [1.807, 2.05) is 0 Å². The Balaban J connectivity index is 3.06. The van der Waals surface area contributed by atoms with Gasteiger partial charge in [0.15, 0.2) is 0 Å². The number of ether oxygens (including phenoxy) is 8. The quantitative estimate of drug-likeness (QED) is 0.0482. The van der Waals surface area contributed by atoms with Crippen molar-refractivity contribution in [3.8, 4) is 0 Å². The van der Waals surface area contributed by atoms with Gasteiger partial charge in [-0.1, -0.05) is 55.2 Å². The van der Waals surface area contributed by atoms with Crippen LogP contribution in [-0.2, 0) is 42.7 Å². The molecule has 0 saturated heterocycles. The number of hydrogen-bond donors (Lipinski definition) is 0. The van der Waals surface area contributed by atoms with E-state index in [0.717, 1.165) is 32.3 Å². The van der Waals surface area contributed by atoms with Crippen LogP contribution in [0.3, 0.4) is 0 Å². The molecule has 0 saturated carbocycles. The molecule has 0 aliphatic heterocycles. The Morgan fingerprint density at radius 1 is 0.472 bits per heavy atom. The Labute approximate surface area is 232 Å². The van der Waals surface area contributed by atoms with E-state index >= 15 is 0 Å². The monoisotopic (exact) mass is 634 g/mol. The predicted molar refractivity (Wildman–Crippen MR) is 148 cm³/mol. The SMILES string of the molecule is CCCCCC(=O)OCCOCCOCCOCCOCCOCCOCCOCCCCCCI. The van der Waals surface area contributed by atoms with Crippen LogP contribution in [-0.4, -0.2) is 110 Å². The van der Waals surface area contributed by atoms with Crippen LogP contribution in [0.15, 0.2) is 0 Å².